The Morgan fingerprint density at radius 1 is 0.933 bits per heavy atom. The molecular formula is C26H41Cl5F3N7O4. The number of benzene rings is 2. The molecule has 45 heavy (non-hydrogen) atoms. The first-order valence-electron chi connectivity index (χ1n) is 12.6. The smallest absolute Gasteiger partial charge is 0.416 e. The van der Waals surface area contributed by atoms with Crippen LogP contribution in [0.3, 0.4) is 0 Å². The molecule has 0 spiro atoms. The molecule has 11 nitrogen and oxygen atoms in total. The van der Waals surface area contributed by atoms with Crippen molar-refractivity contribution < 1.29 is 32.3 Å². The summed E-state index contributed by atoms with van der Waals surface area (Å²) in [5, 5.41) is 7.68. The van der Waals surface area contributed by atoms with Gasteiger partial charge in [0.05, 0.1) is 18.7 Å². The van der Waals surface area contributed by atoms with Crippen molar-refractivity contribution in [2.75, 3.05) is 44.6 Å². The van der Waals surface area contributed by atoms with Gasteiger partial charge in [-0.15, -0.1) is 62.0 Å². The number of nitrogens with two attached hydrogens (primary N) is 3. The summed E-state index contributed by atoms with van der Waals surface area (Å²) in [4.78, 5) is 39.4. The first-order valence-corrected chi connectivity index (χ1v) is 12.6. The lowest BCUT2D eigenvalue weighted by Gasteiger charge is -2.39. The molecule has 260 valence electrons. The number of amides is 3. The molecule has 0 heterocycles. The van der Waals surface area contributed by atoms with E-state index in [0.717, 1.165) is 12.1 Å². The number of rotatable bonds is 16. The first kappa shape index (κ1) is 49.6. The van der Waals surface area contributed by atoms with Crippen molar-refractivity contribution in [2.24, 2.45) is 17.2 Å². The summed E-state index contributed by atoms with van der Waals surface area (Å²) in [6.45, 7) is 2.52. The van der Waals surface area contributed by atoms with E-state index in [1.807, 2.05) is 6.92 Å². The van der Waals surface area contributed by atoms with Gasteiger partial charge in [-0.1, -0.05) is 12.1 Å². The number of carbonyl (C=O) groups excluding carboxylic acids is 3. The third kappa shape index (κ3) is 15.2. The molecule has 0 radical (unpaired) electrons. The van der Waals surface area contributed by atoms with Crippen LogP contribution in [-0.4, -0.2) is 74.2 Å². The van der Waals surface area contributed by atoms with E-state index in [0.29, 0.717) is 30.0 Å². The fourth-order valence-corrected chi connectivity index (χ4v) is 3.94. The van der Waals surface area contributed by atoms with E-state index in [4.69, 9.17) is 21.9 Å². The second-order valence-electron chi connectivity index (χ2n) is 8.86. The Bertz CT molecular complexity index is 1120. The molecule has 0 aromatic heterocycles. The number of hydrogen-bond donors (Lipinski definition) is 6. The molecule has 0 aliphatic carbocycles. The van der Waals surface area contributed by atoms with Crippen LogP contribution in [0, 0.1) is 0 Å². The van der Waals surface area contributed by atoms with E-state index in [-0.39, 0.29) is 101 Å². The fraction of sp³-hybridized carbons (Fsp3) is 0.423. The van der Waals surface area contributed by atoms with Gasteiger partial charge in [0.1, 0.15) is 11.8 Å². The zero-order valence-electron chi connectivity index (χ0n) is 24.2. The van der Waals surface area contributed by atoms with E-state index in [1.165, 1.54) is 17.0 Å². The van der Waals surface area contributed by atoms with Gasteiger partial charge in [-0.2, -0.15) is 13.2 Å². The Morgan fingerprint density at radius 2 is 1.47 bits per heavy atom. The van der Waals surface area contributed by atoms with Gasteiger partial charge in [-0.3, -0.25) is 19.3 Å². The minimum atomic E-state index is -4.53. The fourth-order valence-electron chi connectivity index (χ4n) is 3.94. The average Bonchev–Trinajstić information content (AvgIpc) is 2.92. The van der Waals surface area contributed by atoms with E-state index in [1.54, 1.807) is 24.3 Å². The highest BCUT2D eigenvalue weighted by atomic mass is 35.5. The summed E-state index contributed by atoms with van der Waals surface area (Å²) in [6, 6.07) is 9.49. The van der Waals surface area contributed by atoms with Crippen LogP contribution in [-0.2, 0) is 27.0 Å². The van der Waals surface area contributed by atoms with Crippen LogP contribution in [0.5, 0.6) is 5.75 Å². The molecule has 0 fully saturated rings. The highest BCUT2D eigenvalue weighted by Gasteiger charge is 2.41. The second kappa shape index (κ2) is 24.0. The molecule has 0 unspecified atom stereocenters. The summed E-state index contributed by atoms with van der Waals surface area (Å²) in [6.07, 6.45) is -4.31. The van der Waals surface area contributed by atoms with Crippen molar-refractivity contribution in [3.8, 4) is 5.75 Å². The second-order valence-corrected chi connectivity index (χ2v) is 8.86. The Morgan fingerprint density at radius 3 is 1.91 bits per heavy atom. The van der Waals surface area contributed by atoms with Gasteiger partial charge in [0.25, 0.3) is 5.91 Å². The molecular weight excluding hydrogens is 709 g/mol. The van der Waals surface area contributed by atoms with Crippen LogP contribution in [0.25, 0.3) is 0 Å². The van der Waals surface area contributed by atoms with Crippen LogP contribution in [0.15, 0.2) is 48.5 Å². The van der Waals surface area contributed by atoms with E-state index >= 15 is 0 Å². The maximum atomic E-state index is 13.6. The predicted molar refractivity (Wildman–Crippen MR) is 180 cm³/mol. The van der Waals surface area contributed by atoms with Crippen molar-refractivity contribution in [2.45, 2.75) is 31.2 Å². The molecule has 19 heteroatoms. The monoisotopic (exact) mass is 747 g/mol. The SMILES string of the molecule is CCOc1ccc(NC(=O)[C@H](Cc2ccc(C(F)(F)F)cc2)NC(=O)[C@](N)(CNC=O)N(CCN)CCN)cc1.Cl.Cl.Cl.Cl.Cl. The number of hydrogen-bond acceptors (Lipinski definition) is 8. The highest BCUT2D eigenvalue weighted by Crippen LogP contribution is 2.29. The van der Waals surface area contributed by atoms with Crippen LogP contribution in [0.4, 0.5) is 18.9 Å². The third-order valence-corrected chi connectivity index (χ3v) is 5.99. The summed E-state index contributed by atoms with van der Waals surface area (Å²) in [5.74, 6) is -0.875. The maximum absolute atomic E-state index is 13.6. The zero-order valence-corrected chi connectivity index (χ0v) is 28.3. The lowest BCUT2D eigenvalue weighted by atomic mass is 10.0. The molecule has 2 atom stereocenters. The van der Waals surface area contributed by atoms with Gasteiger partial charge in [0, 0.05) is 38.3 Å². The number of anilines is 1. The molecule has 3 amide bonds. The highest BCUT2D eigenvalue weighted by molar-refractivity contribution is 5.99. The van der Waals surface area contributed by atoms with Crippen molar-refractivity contribution in [1.29, 1.82) is 0 Å². The van der Waals surface area contributed by atoms with Crippen molar-refractivity contribution >= 4 is 85.9 Å². The molecule has 0 bridgehead atoms. The van der Waals surface area contributed by atoms with Gasteiger partial charge < -0.3 is 37.9 Å². The summed E-state index contributed by atoms with van der Waals surface area (Å²) in [7, 11) is 0. The van der Waals surface area contributed by atoms with Crippen molar-refractivity contribution in [3.63, 3.8) is 0 Å². The van der Waals surface area contributed by atoms with E-state index < -0.39 is 35.3 Å². The van der Waals surface area contributed by atoms with Gasteiger partial charge >= 0.3 is 6.18 Å². The third-order valence-electron chi connectivity index (χ3n) is 5.99. The van der Waals surface area contributed by atoms with Gasteiger partial charge in [0.2, 0.25) is 12.3 Å². The van der Waals surface area contributed by atoms with Gasteiger partial charge in [0.15, 0.2) is 5.66 Å². The zero-order chi connectivity index (χ0) is 29.8. The number of carbonyl (C=O) groups is 3. The molecule has 0 saturated heterocycles. The Kier molecular flexibility index (Phi) is 26.4. The quantitative estimate of drug-likeness (QED) is 0.112. The predicted octanol–water partition coefficient (Wildman–Crippen LogP) is 2.50. The minimum Gasteiger partial charge on any atom is -0.494 e. The van der Waals surface area contributed by atoms with Crippen LogP contribution in [0.2, 0.25) is 0 Å². The summed E-state index contributed by atoms with van der Waals surface area (Å²) < 4.78 is 44.5. The van der Waals surface area contributed by atoms with E-state index in [9.17, 15) is 27.6 Å². The number of ether oxygens (including phenoxy) is 1. The Hall–Kier alpha value is -2.27. The molecule has 2 aromatic carbocycles. The standard InChI is InChI=1S/C26H36F3N7O4.5ClH/c1-2-40-21-9-7-20(8-10-21)34-23(38)22(15-18-3-5-19(6-4-18)26(27,28)29)35-24(39)25(32,16-33-17-37)36(13-11-30)14-12-31;;;;;/h3-10,17,22H,2,11-16,30-32H2,1H3,(H,33,37)(H,34,38)(H,35,39);5*1H/t22-,25-;;;;;/m0...../s1. The Labute approximate surface area is 291 Å². The number of nitrogens with one attached hydrogen (secondary N) is 3. The molecule has 0 aliphatic rings. The molecule has 2 aromatic rings. The van der Waals surface area contributed by atoms with Crippen LogP contribution >= 0.6 is 62.0 Å². The topological polar surface area (TPSA) is 178 Å². The van der Waals surface area contributed by atoms with E-state index in [2.05, 4.69) is 16.0 Å². The molecule has 9 N–H and O–H groups in total. The van der Waals surface area contributed by atoms with Gasteiger partial charge in [-0.25, -0.2) is 0 Å². The largest absolute Gasteiger partial charge is 0.494 e. The van der Waals surface area contributed by atoms with Crippen molar-refractivity contribution in [1.82, 2.24) is 15.5 Å². The normalized spacial score (nSPS) is 12.2. The maximum Gasteiger partial charge on any atom is 0.416 e. The summed E-state index contributed by atoms with van der Waals surface area (Å²) >= 11 is 0. The Balaban J connectivity index is -0.00000168. The minimum absolute atomic E-state index is 0. The number of halogens is 8. The number of alkyl halides is 3. The summed E-state index contributed by atoms with van der Waals surface area (Å²) in [5.41, 5.74) is 15.9. The average molecular weight is 750 g/mol. The molecule has 2 rings (SSSR count). The lowest BCUT2D eigenvalue weighted by Crippen LogP contribution is -2.72. The van der Waals surface area contributed by atoms with Crippen molar-refractivity contribution in [3.05, 3.63) is 59.7 Å². The molecule has 0 aliphatic heterocycles. The number of nitrogens with zero attached hydrogens (tertiary/aromatic N) is 1. The van der Waals surface area contributed by atoms with Crippen LogP contribution in [0.1, 0.15) is 18.1 Å². The van der Waals surface area contributed by atoms with Crippen LogP contribution < -0.4 is 37.9 Å². The van der Waals surface area contributed by atoms with Gasteiger partial charge in [-0.05, 0) is 48.9 Å². The molecule has 0 saturated carbocycles. The lowest BCUT2D eigenvalue weighted by molar-refractivity contribution is -0.137. The first-order chi connectivity index (χ1) is 19.0.